The summed E-state index contributed by atoms with van der Waals surface area (Å²) in [5.74, 6) is -0.325. The molecule has 1 aliphatic heterocycles. The van der Waals surface area contributed by atoms with Crippen LogP contribution in [0.15, 0.2) is 77.9 Å². The maximum atomic E-state index is 14.4. The van der Waals surface area contributed by atoms with Gasteiger partial charge in [-0.3, -0.25) is 9.59 Å². The summed E-state index contributed by atoms with van der Waals surface area (Å²) in [4.78, 5) is 28.2. The van der Waals surface area contributed by atoms with Crippen molar-refractivity contribution < 1.29 is 28.2 Å². The minimum Gasteiger partial charge on any atom is -0.497 e. The lowest BCUT2D eigenvalue weighted by molar-refractivity contribution is -0.133. The maximum absolute atomic E-state index is 14.4. The molecule has 9 heteroatoms. The van der Waals surface area contributed by atoms with Gasteiger partial charge in [0.1, 0.15) is 23.9 Å². The van der Waals surface area contributed by atoms with E-state index in [2.05, 4.69) is 0 Å². The number of methoxy groups -OCH3 is 3. The first-order valence-electron chi connectivity index (χ1n) is 12.2. The highest BCUT2D eigenvalue weighted by molar-refractivity contribution is 6.04. The van der Waals surface area contributed by atoms with Gasteiger partial charge in [-0.1, -0.05) is 30.3 Å². The lowest BCUT2D eigenvalue weighted by Crippen LogP contribution is -2.43. The van der Waals surface area contributed by atoms with Crippen LogP contribution >= 0.6 is 0 Å². The lowest BCUT2D eigenvalue weighted by Gasteiger charge is -2.27. The largest absolute Gasteiger partial charge is 0.497 e. The van der Waals surface area contributed by atoms with Crippen molar-refractivity contribution in [1.29, 1.82) is 0 Å². The topological polar surface area (TPSA) is 80.7 Å². The van der Waals surface area contributed by atoms with E-state index < -0.39 is 23.7 Å². The fourth-order valence-corrected chi connectivity index (χ4v) is 4.38. The van der Waals surface area contributed by atoms with Crippen molar-refractivity contribution in [2.75, 3.05) is 41.0 Å². The number of amides is 2. The molecule has 0 N–H and O–H groups in total. The molecule has 3 aromatic rings. The summed E-state index contributed by atoms with van der Waals surface area (Å²) >= 11 is 0. The average Bonchev–Trinajstić information content (AvgIpc) is 3.40. The number of hydrogen-bond acceptors (Lipinski definition) is 6. The zero-order valence-corrected chi connectivity index (χ0v) is 21.6. The van der Waals surface area contributed by atoms with Gasteiger partial charge >= 0.3 is 0 Å². The van der Waals surface area contributed by atoms with Crippen LogP contribution in [-0.2, 0) is 9.53 Å². The van der Waals surface area contributed by atoms with Gasteiger partial charge in [-0.15, -0.1) is 0 Å². The summed E-state index contributed by atoms with van der Waals surface area (Å²) in [7, 11) is 4.67. The van der Waals surface area contributed by atoms with Gasteiger partial charge in [0, 0.05) is 25.6 Å². The van der Waals surface area contributed by atoms with Crippen LogP contribution in [-0.4, -0.2) is 68.5 Å². The Morgan fingerprint density at radius 1 is 0.974 bits per heavy atom. The van der Waals surface area contributed by atoms with Crippen molar-refractivity contribution in [3.8, 4) is 11.5 Å². The van der Waals surface area contributed by atoms with E-state index in [0.717, 1.165) is 11.1 Å². The Morgan fingerprint density at radius 2 is 1.68 bits per heavy atom. The quantitative estimate of drug-likeness (QED) is 0.399. The summed E-state index contributed by atoms with van der Waals surface area (Å²) in [6, 6.07) is 20.1. The number of nitrogens with zero attached hydrogens (tertiary/aromatic N) is 3. The van der Waals surface area contributed by atoms with Crippen LogP contribution in [0, 0.1) is 5.82 Å². The first-order chi connectivity index (χ1) is 18.5. The van der Waals surface area contributed by atoms with Crippen molar-refractivity contribution in [1.82, 2.24) is 9.91 Å². The summed E-state index contributed by atoms with van der Waals surface area (Å²) in [5, 5.41) is 6.09. The van der Waals surface area contributed by atoms with E-state index in [1.54, 1.807) is 20.3 Å². The molecule has 1 unspecified atom stereocenters. The van der Waals surface area contributed by atoms with Gasteiger partial charge < -0.3 is 19.1 Å². The highest BCUT2D eigenvalue weighted by Gasteiger charge is 2.36. The smallest absolute Gasteiger partial charge is 0.262 e. The van der Waals surface area contributed by atoms with E-state index in [-0.39, 0.29) is 25.3 Å². The molecule has 1 heterocycles. The lowest BCUT2D eigenvalue weighted by atomic mass is 9.97. The van der Waals surface area contributed by atoms with Crippen LogP contribution in [0.1, 0.15) is 33.9 Å². The monoisotopic (exact) mass is 519 g/mol. The van der Waals surface area contributed by atoms with Gasteiger partial charge in [-0.2, -0.15) is 5.10 Å². The number of hydrazone groups is 1. The molecular formula is C29H30FN3O5. The number of rotatable bonds is 10. The third-order valence-electron chi connectivity index (χ3n) is 6.37. The van der Waals surface area contributed by atoms with Gasteiger partial charge in [0.25, 0.3) is 11.8 Å². The molecule has 4 rings (SSSR count). The first kappa shape index (κ1) is 26.8. The van der Waals surface area contributed by atoms with E-state index in [4.69, 9.17) is 19.3 Å². The van der Waals surface area contributed by atoms with Crippen LogP contribution in [0.5, 0.6) is 11.5 Å². The molecular weight excluding hydrogens is 489 g/mol. The molecule has 0 spiro atoms. The molecule has 0 saturated carbocycles. The number of ether oxygens (including phenoxy) is 3. The SMILES string of the molecule is COCCN(CC(=O)N1N=C(c2ccc(OC)cc2)CC1c1ccccc1OC)C(=O)c1ccccc1F. The zero-order chi connectivity index (χ0) is 27.1. The number of carbonyl (C=O) groups excluding carboxylic acids is 2. The van der Waals surface area contributed by atoms with Gasteiger partial charge in [-0.25, -0.2) is 9.40 Å². The van der Waals surface area contributed by atoms with Crippen molar-refractivity contribution in [3.05, 3.63) is 95.3 Å². The molecule has 38 heavy (non-hydrogen) atoms. The summed E-state index contributed by atoms with van der Waals surface area (Å²) < 4.78 is 30.4. The summed E-state index contributed by atoms with van der Waals surface area (Å²) in [5.41, 5.74) is 2.24. The fourth-order valence-electron chi connectivity index (χ4n) is 4.38. The molecule has 3 aromatic carbocycles. The van der Waals surface area contributed by atoms with Gasteiger partial charge in [0.15, 0.2) is 0 Å². The summed E-state index contributed by atoms with van der Waals surface area (Å²) in [6.45, 7) is -0.0109. The van der Waals surface area contributed by atoms with Crippen LogP contribution in [0.2, 0.25) is 0 Å². The second kappa shape index (κ2) is 12.3. The number of hydrogen-bond donors (Lipinski definition) is 0. The van der Waals surface area contributed by atoms with E-state index >= 15 is 0 Å². The standard InChI is InChI=1S/C29H30FN3O5/c1-36-17-16-32(29(35)22-8-4-6-10-24(22)30)19-28(34)33-26(23-9-5-7-11-27(23)38-3)18-25(31-33)20-12-14-21(37-2)15-13-20/h4-15,26H,16-19H2,1-3H3. The normalized spacial score (nSPS) is 14.7. The van der Waals surface area contributed by atoms with Gasteiger partial charge in [-0.05, 0) is 48.0 Å². The molecule has 1 atom stereocenters. The third kappa shape index (κ3) is 5.84. The van der Waals surface area contributed by atoms with Crippen LogP contribution in [0.4, 0.5) is 4.39 Å². The molecule has 2 amide bonds. The number of carbonyl (C=O) groups is 2. The fraction of sp³-hybridized carbons (Fsp3) is 0.276. The summed E-state index contributed by atoms with van der Waals surface area (Å²) in [6.07, 6.45) is 0.442. The Hall–Kier alpha value is -4.24. The molecule has 0 aromatic heterocycles. The minimum absolute atomic E-state index is 0.109. The Labute approximate surface area is 221 Å². The molecule has 0 radical (unpaired) electrons. The molecule has 8 nitrogen and oxygen atoms in total. The molecule has 0 saturated heterocycles. The van der Waals surface area contributed by atoms with Crippen molar-refractivity contribution in [3.63, 3.8) is 0 Å². The maximum Gasteiger partial charge on any atom is 0.262 e. The molecule has 1 aliphatic rings. The predicted octanol–water partition coefficient (Wildman–Crippen LogP) is 4.31. The Balaban J connectivity index is 1.66. The number of para-hydroxylation sites is 1. The molecule has 0 fully saturated rings. The Bertz CT molecular complexity index is 1310. The van der Waals surface area contributed by atoms with Crippen LogP contribution in [0.25, 0.3) is 0 Å². The van der Waals surface area contributed by atoms with E-state index in [0.29, 0.717) is 23.6 Å². The average molecular weight is 520 g/mol. The van der Waals surface area contributed by atoms with Crippen molar-refractivity contribution >= 4 is 17.5 Å². The second-order valence-corrected chi connectivity index (χ2v) is 8.67. The number of halogens is 1. The second-order valence-electron chi connectivity index (χ2n) is 8.67. The number of benzene rings is 3. The Kier molecular flexibility index (Phi) is 8.70. The zero-order valence-electron chi connectivity index (χ0n) is 21.6. The Morgan fingerprint density at radius 3 is 2.37 bits per heavy atom. The molecule has 0 aliphatic carbocycles. The van der Waals surface area contributed by atoms with E-state index in [1.807, 2.05) is 48.5 Å². The molecule has 198 valence electrons. The molecule has 0 bridgehead atoms. The first-order valence-corrected chi connectivity index (χ1v) is 12.2. The highest BCUT2D eigenvalue weighted by Crippen LogP contribution is 2.37. The minimum atomic E-state index is -0.653. The van der Waals surface area contributed by atoms with Crippen LogP contribution < -0.4 is 9.47 Å². The van der Waals surface area contributed by atoms with E-state index in [1.165, 1.54) is 35.2 Å². The highest BCUT2D eigenvalue weighted by atomic mass is 19.1. The van der Waals surface area contributed by atoms with E-state index in [9.17, 15) is 14.0 Å². The third-order valence-corrected chi connectivity index (χ3v) is 6.37. The van der Waals surface area contributed by atoms with Crippen molar-refractivity contribution in [2.24, 2.45) is 5.10 Å². The van der Waals surface area contributed by atoms with Crippen LogP contribution in [0.3, 0.4) is 0 Å². The van der Waals surface area contributed by atoms with Crippen molar-refractivity contribution in [2.45, 2.75) is 12.5 Å². The van der Waals surface area contributed by atoms with Gasteiger partial charge in [0.2, 0.25) is 0 Å². The van der Waals surface area contributed by atoms with Gasteiger partial charge in [0.05, 0.1) is 38.1 Å². The predicted molar refractivity (Wildman–Crippen MR) is 141 cm³/mol.